The van der Waals surface area contributed by atoms with Crippen molar-refractivity contribution < 1.29 is 5.21 Å². The lowest BCUT2D eigenvalue weighted by Crippen LogP contribution is -2.23. The lowest BCUT2D eigenvalue weighted by Gasteiger charge is -2.17. The number of hydrogen-bond acceptors (Lipinski definition) is 3. The molecule has 2 rings (SSSR count). The Morgan fingerprint density at radius 3 is 2.89 bits per heavy atom. The number of aryl methyl sites for hydroxylation is 1. The molecule has 0 saturated heterocycles. The molecule has 4 N–H and O–H groups in total. The second-order valence-corrected chi connectivity index (χ2v) is 5.52. The first kappa shape index (κ1) is 13.0. The molecule has 0 amide bonds. The van der Waals surface area contributed by atoms with Crippen LogP contribution in [0.5, 0.6) is 0 Å². The Balaban J connectivity index is 1.97. The fraction of sp³-hybridized carbons (Fsp3) is 0.462. The zero-order valence-electron chi connectivity index (χ0n) is 10.4. The quantitative estimate of drug-likeness (QED) is 0.332. The molecule has 4 nitrogen and oxygen atoms in total. The standard InChI is InChI=1S/C13H18ClN3O/c1-9-2-3-10(14)6-11(9)16-8-13(4-5-13)7-12(15)17-18/h2-3,6,16,18H,4-5,7-8H2,1H3,(H2,15,17). The molecule has 98 valence electrons. The number of amidine groups is 1. The van der Waals surface area contributed by atoms with E-state index in [9.17, 15) is 0 Å². The first-order chi connectivity index (χ1) is 8.54. The van der Waals surface area contributed by atoms with E-state index >= 15 is 0 Å². The van der Waals surface area contributed by atoms with Crippen LogP contribution in [0.1, 0.15) is 24.8 Å². The van der Waals surface area contributed by atoms with Crippen molar-refractivity contribution in [1.82, 2.24) is 0 Å². The molecule has 1 fully saturated rings. The minimum atomic E-state index is 0.144. The van der Waals surface area contributed by atoms with Crippen molar-refractivity contribution in [3.8, 4) is 0 Å². The average molecular weight is 268 g/mol. The largest absolute Gasteiger partial charge is 0.409 e. The highest BCUT2D eigenvalue weighted by molar-refractivity contribution is 6.30. The van der Waals surface area contributed by atoms with Crippen LogP contribution in [0.2, 0.25) is 5.02 Å². The molecule has 0 unspecified atom stereocenters. The zero-order valence-corrected chi connectivity index (χ0v) is 11.2. The predicted molar refractivity (Wildman–Crippen MR) is 74.4 cm³/mol. The number of nitrogens with one attached hydrogen (secondary N) is 1. The maximum atomic E-state index is 8.62. The zero-order chi connectivity index (χ0) is 13.2. The van der Waals surface area contributed by atoms with Crippen LogP contribution in [-0.2, 0) is 0 Å². The summed E-state index contributed by atoms with van der Waals surface area (Å²) in [5, 5.41) is 15.8. The van der Waals surface area contributed by atoms with Gasteiger partial charge in [0.15, 0.2) is 0 Å². The molecule has 1 aliphatic rings. The van der Waals surface area contributed by atoms with E-state index in [0.29, 0.717) is 12.3 Å². The Morgan fingerprint density at radius 2 is 2.28 bits per heavy atom. The summed E-state index contributed by atoms with van der Waals surface area (Å²) in [5.41, 5.74) is 7.93. The molecule has 0 radical (unpaired) electrons. The normalized spacial score (nSPS) is 17.6. The molecule has 5 heteroatoms. The topological polar surface area (TPSA) is 70.6 Å². The van der Waals surface area contributed by atoms with Gasteiger partial charge < -0.3 is 16.3 Å². The van der Waals surface area contributed by atoms with Crippen molar-refractivity contribution in [3.05, 3.63) is 28.8 Å². The maximum absolute atomic E-state index is 8.62. The Morgan fingerprint density at radius 1 is 1.56 bits per heavy atom. The first-order valence-corrected chi connectivity index (χ1v) is 6.39. The van der Waals surface area contributed by atoms with E-state index in [1.54, 1.807) is 0 Å². The van der Waals surface area contributed by atoms with Gasteiger partial charge in [-0.1, -0.05) is 22.8 Å². The minimum absolute atomic E-state index is 0.144. The van der Waals surface area contributed by atoms with Crippen LogP contribution in [-0.4, -0.2) is 17.6 Å². The van der Waals surface area contributed by atoms with Gasteiger partial charge in [-0.05, 0) is 42.9 Å². The van der Waals surface area contributed by atoms with E-state index < -0.39 is 0 Å². The maximum Gasteiger partial charge on any atom is 0.139 e. The van der Waals surface area contributed by atoms with E-state index in [2.05, 4.69) is 10.5 Å². The summed E-state index contributed by atoms with van der Waals surface area (Å²) in [4.78, 5) is 0. The second-order valence-electron chi connectivity index (χ2n) is 5.08. The van der Waals surface area contributed by atoms with Crippen molar-refractivity contribution in [2.75, 3.05) is 11.9 Å². The third-order valence-corrected chi connectivity index (χ3v) is 3.73. The Labute approximate surface area is 112 Å². The van der Waals surface area contributed by atoms with Crippen molar-refractivity contribution in [2.45, 2.75) is 26.2 Å². The van der Waals surface area contributed by atoms with E-state index in [0.717, 1.165) is 30.1 Å². The van der Waals surface area contributed by atoms with Crippen LogP contribution < -0.4 is 11.1 Å². The van der Waals surface area contributed by atoms with Gasteiger partial charge in [0.2, 0.25) is 0 Å². The SMILES string of the molecule is Cc1ccc(Cl)cc1NCC1(CC(N)=NO)CC1. The van der Waals surface area contributed by atoms with Gasteiger partial charge in [-0.15, -0.1) is 0 Å². The number of oxime groups is 1. The number of benzene rings is 1. The highest BCUT2D eigenvalue weighted by atomic mass is 35.5. The third kappa shape index (κ3) is 3.07. The average Bonchev–Trinajstić information content (AvgIpc) is 3.10. The van der Waals surface area contributed by atoms with Crippen molar-refractivity contribution in [3.63, 3.8) is 0 Å². The van der Waals surface area contributed by atoms with Crippen molar-refractivity contribution in [1.29, 1.82) is 0 Å². The summed E-state index contributed by atoms with van der Waals surface area (Å²) >= 11 is 5.98. The fourth-order valence-corrected chi connectivity index (χ4v) is 2.25. The molecule has 1 aromatic carbocycles. The van der Waals surface area contributed by atoms with E-state index in [1.165, 1.54) is 5.56 Å². The Kier molecular flexibility index (Phi) is 3.66. The van der Waals surface area contributed by atoms with Crippen LogP contribution in [0.4, 0.5) is 5.69 Å². The van der Waals surface area contributed by atoms with Gasteiger partial charge in [-0.2, -0.15) is 0 Å². The molecule has 0 aliphatic heterocycles. The van der Waals surface area contributed by atoms with Gasteiger partial charge in [0.25, 0.3) is 0 Å². The number of nitrogens with two attached hydrogens (primary N) is 1. The molecule has 0 heterocycles. The van der Waals surface area contributed by atoms with Gasteiger partial charge in [0.1, 0.15) is 5.84 Å². The van der Waals surface area contributed by atoms with Gasteiger partial charge in [-0.25, -0.2) is 0 Å². The van der Waals surface area contributed by atoms with Crippen LogP contribution in [0.15, 0.2) is 23.4 Å². The predicted octanol–water partition coefficient (Wildman–Crippen LogP) is 2.98. The fourth-order valence-electron chi connectivity index (χ4n) is 2.08. The van der Waals surface area contributed by atoms with Crippen LogP contribution in [0.3, 0.4) is 0 Å². The third-order valence-electron chi connectivity index (χ3n) is 3.50. The molecule has 18 heavy (non-hydrogen) atoms. The molecule has 0 bridgehead atoms. The monoisotopic (exact) mass is 267 g/mol. The Bertz CT molecular complexity index is 469. The summed E-state index contributed by atoms with van der Waals surface area (Å²) in [7, 11) is 0. The summed E-state index contributed by atoms with van der Waals surface area (Å²) < 4.78 is 0. The highest BCUT2D eigenvalue weighted by Crippen LogP contribution is 2.48. The molecule has 0 aromatic heterocycles. The number of hydrogen-bond donors (Lipinski definition) is 3. The molecule has 0 atom stereocenters. The van der Waals surface area contributed by atoms with Gasteiger partial charge in [0, 0.05) is 23.7 Å². The molecule has 1 saturated carbocycles. The molecule has 1 aromatic rings. The molecule has 1 aliphatic carbocycles. The van der Waals surface area contributed by atoms with Crippen LogP contribution >= 0.6 is 11.6 Å². The number of nitrogens with zero attached hydrogens (tertiary/aromatic N) is 1. The minimum Gasteiger partial charge on any atom is -0.409 e. The molecule has 0 spiro atoms. The van der Waals surface area contributed by atoms with Crippen molar-refractivity contribution in [2.24, 2.45) is 16.3 Å². The first-order valence-electron chi connectivity index (χ1n) is 6.01. The van der Waals surface area contributed by atoms with Crippen LogP contribution in [0.25, 0.3) is 0 Å². The summed E-state index contributed by atoms with van der Waals surface area (Å²) in [5.74, 6) is 0.303. The van der Waals surface area contributed by atoms with Gasteiger partial charge in [0.05, 0.1) is 0 Å². The molecular weight excluding hydrogens is 250 g/mol. The Hall–Kier alpha value is -1.42. The van der Waals surface area contributed by atoms with E-state index in [4.69, 9.17) is 22.5 Å². The number of anilines is 1. The molecular formula is C13H18ClN3O. The van der Waals surface area contributed by atoms with Gasteiger partial charge >= 0.3 is 0 Å². The van der Waals surface area contributed by atoms with Gasteiger partial charge in [-0.3, -0.25) is 0 Å². The van der Waals surface area contributed by atoms with Crippen LogP contribution in [0, 0.1) is 12.3 Å². The lowest BCUT2D eigenvalue weighted by atomic mass is 10.0. The summed E-state index contributed by atoms with van der Waals surface area (Å²) in [6.07, 6.45) is 2.85. The van der Waals surface area contributed by atoms with E-state index in [1.807, 2.05) is 25.1 Å². The summed E-state index contributed by atoms with van der Waals surface area (Å²) in [6.45, 7) is 2.87. The van der Waals surface area contributed by atoms with E-state index in [-0.39, 0.29) is 5.41 Å². The highest BCUT2D eigenvalue weighted by Gasteiger charge is 2.43. The lowest BCUT2D eigenvalue weighted by molar-refractivity contribution is 0.315. The second kappa shape index (κ2) is 5.06. The summed E-state index contributed by atoms with van der Waals surface area (Å²) in [6, 6.07) is 5.80. The smallest absolute Gasteiger partial charge is 0.139 e. The van der Waals surface area contributed by atoms with Crippen molar-refractivity contribution >= 4 is 23.1 Å². The number of rotatable bonds is 5. The number of halogens is 1.